The summed E-state index contributed by atoms with van der Waals surface area (Å²) in [6.45, 7) is 2.51. The number of piperidine rings is 1. The van der Waals surface area contributed by atoms with Crippen molar-refractivity contribution in [1.29, 1.82) is 0 Å². The van der Waals surface area contributed by atoms with Crippen molar-refractivity contribution in [3.63, 3.8) is 0 Å². The summed E-state index contributed by atoms with van der Waals surface area (Å²) in [6.07, 6.45) is 6.90. The first kappa shape index (κ1) is 21.9. The third-order valence-corrected chi connectivity index (χ3v) is 6.14. The molecule has 0 saturated carbocycles. The summed E-state index contributed by atoms with van der Waals surface area (Å²) in [7, 11) is 3.50. The van der Waals surface area contributed by atoms with Gasteiger partial charge in [0.2, 0.25) is 11.7 Å². The van der Waals surface area contributed by atoms with Crippen molar-refractivity contribution >= 4 is 5.91 Å². The van der Waals surface area contributed by atoms with Crippen molar-refractivity contribution in [2.45, 2.75) is 38.6 Å². The molecule has 9 heteroatoms. The summed E-state index contributed by atoms with van der Waals surface area (Å²) in [5.74, 6) is 2.09. The minimum atomic E-state index is -0.242. The first-order valence-corrected chi connectivity index (χ1v) is 11.4. The number of carbonyl (C=O) groups excluding carboxylic acids is 1. The summed E-state index contributed by atoms with van der Waals surface area (Å²) < 4.78 is 18.6. The molecule has 0 bridgehead atoms. The third-order valence-electron chi connectivity index (χ3n) is 6.14. The van der Waals surface area contributed by atoms with Crippen LogP contribution in [0.15, 0.2) is 51.7 Å². The van der Waals surface area contributed by atoms with E-state index in [1.807, 2.05) is 44.4 Å². The number of likely N-dealkylation sites (tertiary alicyclic amines) is 1. The van der Waals surface area contributed by atoms with Crippen LogP contribution in [0.2, 0.25) is 0 Å². The van der Waals surface area contributed by atoms with E-state index >= 15 is 0 Å². The van der Waals surface area contributed by atoms with Gasteiger partial charge in [-0.25, -0.2) is 4.98 Å². The normalized spacial score (nSPS) is 16.1. The molecule has 1 atom stereocenters. The van der Waals surface area contributed by atoms with Gasteiger partial charge in [-0.3, -0.25) is 9.48 Å². The van der Waals surface area contributed by atoms with Gasteiger partial charge in [-0.15, -0.1) is 0 Å². The van der Waals surface area contributed by atoms with Crippen molar-refractivity contribution in [3.8, 4) is 17.0 Å². The lowest BCUT2D eigenvalue weighted by Crippen LogP contribution is -2.38. The molecule has 1 aromatic carbocycles. The maximum atomic E-state index is 13.4. The highest BCUT2D eigenvalue weighted by Crippen LogP contribution is 2.33. The standard InChI is InChI=1S/C25H27N5O4/c1-16-20(15-29(2)27-16)21-13-23(34-28-21)25(31)30-10-5-4-9-22(30)24-26-14-19(33-24)12-17-7-6-8-18(11-17)32-3/h6-8,11,13-15,22H,4-5,9-10,12H2,1-3H3/t22-/m1/s1. The fourth-order valence-corrected chi connectivity index (χ4v) is 4.47. The number of rotatable bonds is 6. The number of hydrogen-bond donors (Lipinski definition) is 0. The SMILES string of the molecule is COc1cccc(Cc2cnc([C@H]3CCCCN3C(=O)c3cc(-c4cn(C)nc4C)no3)o2)c1. The topological polar surface area (TPSA) is 99.4 Å². The van der Waals surface area contributed by atoms with Crippen LogP contribution in [-0.4, -0.2) is 44.4 Å². The molecule has 1 fully saturated rings. The average Bonchev–Trinajstić information content (AvgIpc) is 3.59. The number of hydrogen-bond acceptors (Lipinski definition) is 7. The molecule has 4 aromatic rings. The van der Waals surface area contributed by atoms with Crippen molar-refractivity contribution in [1.82, 2.24) is 24.8 Å². The largest absolute Gasteiger partial charge is 0.497 e. The van der Waals surface area contributed by atoms with Crippen LogP contribution in [-0.2, 0) is 13.5 Å². The van der Waals surface area contributed by atoms with Gasteiger partial charge in [0.1, 0.15) is 23.2 Å². The molecule has 0 radical (unpaired) electrons. The minimum absolute atomic E-state index is 0.202. The van der Waals surface area contributed by atoms with E-state index in [1.54, 1.807) is 29.0 Å². The lowest BCUT2D eigenvalue weighted by molar-refractivity contribution is 0.0528. The van der Waals surface area contributed by atoms with Gasteiger partial charge in [0.25, 0.3) is 5.91 Å². The number of methoxy groups -OCH3 is 1. The second-order valence-electron chi connectivity index (χ2n) is 8.58. The lowest BCUT2D eigenvalue weighted by atomic mass is 10.0. The molecule has 1 aliphatic rings. The molecule has 0 spiro atoms. The van der Waals surface area contributed by atoms with Gasteiger partial charge in [-0.05, 0) is 43.9 Å². The Morgan fingerprint density at radius 2 is 2.15 bits per heavy atom. The molecular formula is C25H27N5O4. The molecule has 1 saturated heterocycles. The summed E-state index contributed by atoms with van der Waals surface area (Å²) in [4.78, 5) is 19.7. The van der Waals surface area contributed by atoms with Crippen molar-refractivity contribution in [3.05, 3.63) is 71.4 Å². The number of amides is 1. The zero-order chi connectivity index (χ0) is 23.7. The van der Waals surface area contributed by atoms with Gasteiger partial charge >= 0.3 is 0 Å². The molecule has 4 heterocycles. The van der Waals surface area contributed by atoms with Crippen molar-refractivity contribution in [2.24, 2.45) is 7.05 Å². The zero-order valence-electron chi connectivity index (χ0n) is 19.5. The second kappa shape index (κ2) is 9.17. The van der Waals surface area contributed by atoms with Gasteiger partial charge in [-0.2, -0.15) is 5.10 Å². The highest BCUT2D eigenvalue weighted by molar-refractivity contribution is 5.92. The fraction of sp³-hybridized carbons (Fsp3) is 0.360. The summed E-state index contributed by atoms with van der Waals surface area (Å²) in [5, 5.41) is 8.45. The maximum absolute atomic E-state index is 13.4. The smallest absolute Gasteiger partial charge is 0.293 e. The van der Waals surface area contributed by atoms with Crippen molar-refractivity contribution in [2.75, 3.05) is 13.7 Å². The second-order valence-corrected chi connectivity index (χ2v) is 8.58. The lowest BCUT2D eigenvalue weighted by Gasteiger charge is -2.32. The predicted molar refractivity (Wildman–Crippen MR) is 123 cm³/mol. The summed E-state index contributed by atoms with van der Waals surface area (Å²) >= 11 is 0. The molecule has 9 nitrogen and oxygen atoms in total. The van der Waals surface area contributed by atoms with Gasteiger partial charge in [0.15, 0.2) is 0 Å². The first-order chi connectivity index (χ1) is 16.5. The number of aryl methyl sites for hydroxylation is 2. The molecule has 1 aliphatic heterocycles. The van der Waals surface area contributed by atoms with E-state index in [0.717, 1.165) is 47.6 Å². The van der Waals surface area contributed by atoms with Crippen LogP contribution in [0, 0.1) is 6.92 Å². The molecular weight excluding hydrogens is 434 g/mol. The van der Waals surface area contributed by atoms with Crippen LogP contribution < -0.4 is 4.74 Å². The Kier molecular flexibility index (Phi) is 5.91. The van der Waals surface area contributed by atoms with Crippen LogP contribution in [0.25, 0.3) is 11.3 Å². The third kappa shape index (κ3) is 4.33. The minimum Gasteiger partial charge on any atom is -0.497 e. The van der Waals surface area contributed by atoms with Crippen LogP contribution in [0.1, 0.15) is 58.8 Å². The van der Waals surface area contributed by atoms with E-state index in [-0.39, 0.29) is 17.7 Å². The van der Waals surface area contributed by atoms with Gasteiger partial charge < -0.3 is 18.6 Å². The highest BCUT2D eigenvalue weighted by atomic mass is 16.5. The van der Waals surface area contributed by atoms with Gasteiger partial charge in [0.05, 0.1) is 19.0 Å². The number of nitrogens with zero attached hydrogens (tertiary/aromatic N) is 5. The van der Waals surface area contributed by atoms with Crippen LogP contribution >= 0.6 is 0 Å². The number of carbonyl (C=O) groups is 1. The number of ether oxygens (including phenoxy) is 1. The Morgan fingerprint density at radius 3 is 2.94 bits per heavy atom. The van der Waals surface area contributed by atoms with Crippen LogP contribution in [0.5, 0.6) is 5.75 Å². The summed E-state index contributed by atoms with van der Waals surface area (Å²) in [6, 6.07) is 9.30. The molecule has 0 unspecified atom stereocenters. The van der Waals surface area contributed by atoms with Gasteiger partial charge in [-0.1, -0.05) is 17.3 Å². The number of benzene rings is 1. The maximum Gasteiger partial charge on any atom is 0.293 e. The quantitative estimate of drug-likeness (QED) is 0.421. The molecule has 34 heavy (non-hydrogen) atoms. The average molecular weight is 462 g/mol. The van der Waals surface area contributed by atoms with E-state index in [2.05, 4.69) is 15.2 Å². The van der Waals surface area contributed by atoms with Crippen molar-refractivity contribution < 1.29 is 18.5 Å². The van der Waals surface area contributed by atoms with E-state index in [9.17, 15) is 4.79 Å². The Labute approximate surface area is 197 Å². The van der Waals surface area contributed by atoms with Gasteiger partial charge in [0, 0.05) is 37.8 Å². The molecule has 3 aromatic heterocycles. The zero-order valence-corrected chi connectivity index (χ0v) is 19.5. The Bertz CT molecular complexity index is 1300. The Balaban J connectivity index is 1.35. The van der Waals surface area contributed by atoms with Crippen LogP contribution in [0.3, 0.4) is 0 Å². The monoisotopic (exact) mass is 461 g/mol. The van der Waals surface area contributed by atoms with E-state index < -0.39 is 0 Å². The first-order valence-electron chi connectivity index (χ1n) is 11.4. The van der Waals surface area contributed by atoms with E-state index in [0.29, 0.717) is 24.6 Å². The number of oxazole rings is 1. The Hall–Kier alpha value is -3.88. The summed E-state index contributed by atoms with van der Waals surface area (Å²) in [5.41, 5.74) is 3.34. The molecule has 176 valence electrons. The fourth-order valence-electron chi connectivity index (χ4n) is 4.47. The van der Waals surface area contributed by atoms with E-state index in [4.69, 9.17) is 13.7 Å². The molecule has 1 amide bonds. The molecule has 0 N–H and O–H groups in total. The molecule has 0 aliphatic carbocycles. The Morgan fingerprint density at radius 1 is 1.26 bits per heavy atom. The predicted octanol–water partition coefficient (Wildman–Crippen LogP) is 4.34. The molecule has 5 rings (SSSR count). The number of aromatic nitrogens is 4. The van der Waals surface area contributed by atoms with Crippen LogP contribution in [0.4, 0.5) is 0 Å². The van der Waals surface area contributed by atoms with E-state index in [1.165, 1.54) is 0 Å². The highest BCUT2D eigenvalue weighted by Gasteiger charge is 2.34.